The molecule has 3 rings (SSSR count). The zero-order chi connectivity index (χ0) is 17.6. The van der Waals surface area contributed by atoms with Crippen molar-refractivity contribution in [3.63, 3.8) is 0 Å². The molecule has 0 radical (unpaired) electrons. The Morgan fingerprint density at radius 3 is 2.44 bits per heavy atom. The van der Waals surface area contributed by atoms with Crippen molar-refractivity contribution >= 4 is 11.0 Å². The zero-order valence-corrected chi connectivity index (χ0v) is 14.3. The summed E-state index contributed by atoms with van der Waals surface area (Å²) >= 11 is 0. The van der Waals surface area contributed by atoms with E-state index in [2.05, 4.69) is 14.9 Å². The van der Waals surface area contributed by atoms with Gasteiger partial charge in [0.2, 0.25) is 0 Å². The van der Waals surface area contributed by atoms with Crippen molar-refractivity contribution in [3.05, 3.63) is 71.8 Å². The minimum absolute atomic E-state index is 0.0123. The van der Waals surface area contributed by atoms with Crippen LogP contribution in [0.5, 0.6) is 0 Å². The Morgan fingerprint density at radius 2 is 1.76 bits per heavy atom. The lowest BCUT2D eigenvalue weighted by Crippen LogP contribution is -2.36. The van der Waals surface area contributed by atoms with Gasteiger partial charge in [-0.2, -0.15) is 0 Å². The summed E-state index contributed by atoms with van der Waals surface area (Å²) in [6.45, 7) is 3.31. The van der Waals surface area contributed by atoms with Crippen molar-refractivity contribution in [2.45, 2.75) is 32.5 Å². The summed E-state index contributed by atoms with van der Waals surface area (Å²) in [5, 5.41) is 9.73. The molecular formula is C20H22FN3O. The molecule has 0 unspecified atom stereocenters. The summed E-state index contributed by atoms with van der Waals surface area (Å²) in [7, 11) is 0. The molecule has 130 valence electrons. The van der Waals surface area contributed by atoms with E-state index in [1.165, 1.54) is 12.1 Å². The summed E-state index contributed by atoms with van der Waals surface area (Å²) in [6, 6.07) is 14.3. The lowest BCUT2D eigenvalue weighted by molar-refractivity contribution is 0.105. The first-order chi connectivity index (χ1) is 12.2. The van der Waals surface area contributed by atoms with Gasteiger partial charge in [0, 0.05) is 19.1 Å². The van der Waals surface area contributed by atoms with Gasteiger partial charge in [-0.25, -0.2) is 9.37 Å². The number of nitrogens with zero attached hydrogens (tertiary/aromatic N) is 3. The lowest BCUT2D eigenvalue weighted by Gasteiger charge is -2.29. The maximum atomic E-state index is 13.1. The van der Waals surface area contributed by atoms with E-state index >= 15 is 0 Å². The number of aromatic nitrogens is 2. The molecule has 0 saturated carbocycles. The number of para-hydroxylation sites is 2. The van der Waals surface area contributed by atoms with Gasteiger partial charge in [-0.15, -0.1) is 0 Å². The molecule has 4 nitrogen and oxygen atoms in total. The van der Waals surface area contributed by atoms with Crippen LogP contribution in [0.1, 0.15) is 24.6 Å². The maximum absolute atomic E-state index is 13.1. The number of fused-ring (bicyclic) bond motifs is 1. The molecule has 0 spiro atoms. The van der Waals surface area contributed by atoms with Crippen LogP contribution in [0, 0.1) is 5.82 Å². The van der Waals surface area contributed by atoms with Gasteiger partial charge in [0.25, 0.3) is 0 Å². The van der Waals surface area contributed by atoms with Gasteiger partial charge < -0.3 is 5.11 Å². The SMILES string of the molecule is CC[C@H](CO)N(Cc1ccc(F)cc1)Cc1cnc2ccccc2n1. The van der Waals surface area contributed by atoms with Crippen molar-refractivity contribution in [2.75, 3.05) is 6.61 Å². The fourth-order valence-electron chi connectivity index (χ4n) is 2.92. The van der Waals surface area contributed by atoms with Crippen molar-refractivity contribution in [3.8, 4) is 0 Å². The third-order valence-electron chi connectivity index (χ3n) is 4.36. The van der Waals surface area contributed by atoms with E-state index in [1.54, 1.807) is 18.3 Å². The quantitative estimate of drug-likeness (QED) is 0.715. The summed E-state index contributed by atoms with van der Waals surface area (Å²) in [4.78, 5) is 11.3. The van der Waals surface area contributed by atoms with Gasteiger partial charge in [0.05, 0.1) is 29.5 Å². The van der Waals surface area contributed by atoms with Gasteiger partial charge in [-0.3, -0.25) is 9.88 Å². The van der Waals surface area contributed by atoms with Crippen LogP contribution in [0.3, 0.4) is 0 Å². The molecule has 1 heterocycles. The second-order valence-corrected chi connectivity index (χ2v) is 6.13. The average Bonchev–Trinajstić information content (AvgIpc) is 2.64. The first-order valence-electron chi connectivity index (χ1n) is 8.49. The van der Waals surface area contributed by atoms with Crippen molar-refractivity contribution in [1.29, 1.82) is 0 Å². The molecule has 0 aliphatic heterocycles. The highest BCUT2D eigenvalue weighted by atomic mass is 19.1. The van der Waals surface area contributed by atoms with E-state index in [1.807, 2.05) is 31.2 Å². The molecule has 2 aromatic carbocycles. The number of aliphatic hydroxyl groups is 1. The standard InChI is InChI=1S/C20H22FN3O/c1-2-18(14-25)24(12-15-7-9-16(21)10-8-15)13-17-11-22-19-5-3-4-6-20(19)23-17/h3-11,18,25H,2,12-14H2,1H3/t18-/m1/s1. The summed E-state index contributed by atoms with van der Waals surface area (Å²) in [5.41, 5.74) is 3.58. The summed E-state index contributed by atoms with van der Waals surface area (Å²) in [5.74, 6) is -0.245. The predicted octanol–water partition coefficient (Wildman–Crippen LogP) is 3.54. The first-order valence-corrected chi connectivity index (χ1v) is 8.49. The molecule has 1 aromatic heterocycles. The largest absolute Gasteiger partial charge is 0.395 e. The molecule has 1 atom stereocenters. The Labute approximate surface area is 147 Å². The molecule has 0 fully saturated rings. The van der Waals surface area contributed by atoms with Gasteiger partial charge in [0.15, 0.2) is 0 Å². The number of benzene rings is 2. The van der Waals surface area contributed by atoms with Crippen LogP contribution >= 0.6 is 0 Å². The molecule has 0 saturated heterocycles. The minimum Gasteiger partial charge on any atom is -0.395 e. The van der Waals surface area contributed by atoms with Crippen LogP contribution in [0.25, 0.3) is 11.0 Å². The van der Waals surface area contributed by atoms with Crippen molar-refractivity contribution in [1.82, 2.24) is 14.9 Å². The maximum Gasteiger partial charge on any atom is 0.123 e. The van der Waals surface area contributed by atoms with Gasteiger partial charge in [-0.05, 0) is 36.2 Å². The number of aliphatic hydroxyl groups excluding tert-OH is 1. The second-order valence-electron chi connectivity index (χ2n) is 6.13. The molecule has 25 heavy (non-hydrogen) atoms. The average molecular weight is 339 g/mol. The molecular weight excluding hydrogens is 317 g/mol. The van der Waals surface area contributed by atoms with Gasteiger partial charge in [0.1, 0.15) is 5.82 Å². The molecule has 0 amide bonds. The van der Waals surface area contributed by atoms with Crippen LogP contribution < -0.4 is 0 Å². The molecule has 3 aromatic rings. The number of rotatable bonds is 7. The number of hydrogen-bond acceptors (Lipinski definition) is 4. The van der Waals surface area contributed by atoms with Crippen LogP contribution in [-0.4, -0.2) is 32.6 Å². The highest BCUT2D eigenvalue weighted by Gasteiger charge is 2.18. The van der Waals surface area contributed by atoms with E-state index in [0.29, 0.717) is 13.1 Å². The van der Waals surface area contributed by atoms with Crippen LogP contribution in [0.4, 0.5) is 4.39 Å². The topological polar surface area (TPSA) is 49.2 Å². The summed E-state index contributed by atoms with van der Waals surface area (Å²) < 4.78 is 13.1. The number of halogens is 1. The van der Waals surface area contributed by atoms with E-state index in [-0.39, 0.29) is 18.5 Å². The predicted molar refractivity (Wildman–Crippen MR) is 96.3 cm³/mol. The normalized spacial score (nSPS) is 12.6. The minimum atomic E-state index is -0.245. The van der Waals surface area contributed by atoms with Crippen molar-refractivity contribution in [2.24, 2.45) is 0 Å². The van der Waals surface area contributed by atoms with Gasteiger partial charge >= 0.3 is 0 Å². The molecule has 1 N–H and O–H groups in total. The molecule has 0 bridgehead atoms. The summed E-state index contributed by atoms with van der Waals surface area (Å²) in [6.07, 6.45) is 2.60. The Morgan fingerprint density at radius 1 is 1.04 bits per heavy atom. The van der Waals surface area contributed by atoms with E-state index in [0.717, 1.165) is 28.7 Å². The molecule has 0 aliphatic rings. The smallest absolute Gasteiger partial charge is 0.123 e. The Kier molecular flexibility index (Phi) is 5.68. The van der Waals surface area contributed by atoms with Crippen LogP contribution in [-0.2, 0) is 13.1 Å². The Balaban J connectivity index is 1.83. The van der Waals surface area contributed by atoms with E-state index < -0.39 is 0 Å². The van der Waals surface area contributed by atoms with Crippen LogP contribution in [0.2, 0.25) is 0 Å². The first kappa shape index (κ1) is 17.5. The van der Waals surface area contributed by atoms with E-state index in [4.69, 9.17) is 0 Å². The van der Waals surface area contributed by atoms with E-state index in [9.17, 15) is 9.50 Å². The highest BCUT2D eigenvalue weighted by Crippen LogP contribution is 2.16. The molecule has 0 aliphatic carbocycles. The van der Waals surface area contributed by atoms with Crippen molar-refractivity contribution < 1.29 is 9.50 Å². The third-order valence-corrected chi connectivity index (χ3v) is 4.36. The van der Waals surface area contributed by atoms with Gasteiger partial charge in [-0.1, -0.05) is 31.2 Å². The second kappa shape index (κ2) is 8.14. The number of hydrogen-bond donors (Lipinski definition) is 1. The van der Waals surface area contributed by atoms with Crippen LogP contribution in [0.15, 0.2) is 54.7 Å². The zero-order valence-electron chi connectivity index (χ0n) is 14.3. The Bertz CT molecular complexity index is 819. The Hall–Kier alpha value is -2.37. The third kappa shape index (κ3) is 4.38. The fraction of sp³-hybridized carbons (Fsp3) is 0.300. The monoisotopic (exact) mass is 339 g/mol. The fourth-order valence-corrected chi connectivity index (χ4v) is 2.92. The highest BCUT2D eigenvalue weighted by molar-refractivity contribution is 5.73. The molecule has 5 heteroatoms. The lowest BCUT2D eigenvalue weighted by atomic mass is 10.1.